The molecule has 0 aromatic carbocycles. The minimum atomic E-state index is 0.303. The van der Waals surface area contributed by atoms with Crippen molar-refractivity contribution in [2.45, 2.75) is 44.7 Å². The molecular weight excluding hydrogens is 304 g/mol. The molecule has 1 aliphatic carbocycles. The van der Waals surface area contributed by atoms with Crippen LogP contribution in [0.15, 0.2) is 41.3 Å². The van der Waals surface area contributed by atoms with Crippen LogP contribution in [0.25, 0.3) is 11.5 Å². The standard InChI is InChI=1S/C17H20N6O/c1-12(7-10-23-9-2-8-19-23)20-15-6-5-14(11-18-15)17-21-16(22-24-17)13-3-4-13/h2,5-6,8-9,11-13H,3-4,7,10H2,1H3,(H,18,20)/t12-/m0/s1. The Morgan fingerprint density at radius 2 is 2.29 bits per heavy atom. The maximum Gasteiger partial charge on any atom is 0.259 e. The fourth-order valence-corrected chi connectivity index (χ4v) is 2.55. The van der Waals surface area contributed by atoms with Crippen LogP contribution in [0.1, 0.15) is 37.9 Å². The third-order valence-corrected chi connectivity index (χ3v) is 4.14. The zero-order chi connectivity index (χ0) is 16.4. The first kappa shape index (κ1) is 14.9. The molecule has 0 unspecified atom stereocenters. The van der Waals surface area contributed by atoms with Crippen LogP contribution in [0, 0.1) is 0 Å². The highest BCUT2D eigenvalue weighted by Gasteiger charge is 2.29. The zero-order valence-electron chi connectivity index (χ0n) is 13.6. The van der Waals surface area contributed by atoms with E-state index in [1.54, 1.807) is 12.4 Å². The maximum atomic E-state index is 5.32. The Bertz CT molecular complexity index is 776. The van der Waals surface area contributed by atoms with Crippen LogP contribution in [0.4, 0.5) is 5.82 Å². The summed E-state index contributed by atoms with van der Waals surface area (Å²) in [5.41, 5.74) is 0.851. The van der Waals surface area contributed by atoms with Gasteiger partial charge in [-0.15, -0.1) is 0 Å². The number of nitrogens with zero attached hydrogens (tertiary/aromatic N) is 5. The molecule has 7 heteroatoms. The first-order valence-electron chi connectivity index (χ1n) is 8.32. The van der Waals surface area contributed by atoms with Crippen molar-refractivity contribution in [2.75, 3.05) is 5.32 Å². The molecule has 0 bridgehead atoms. The van der Waals surface area contributed by atoms with Crippen molar-refractivity contribution in [2.24, 2.45) is 0 Å². The second-order valence-electron chi connectivity index (χ2n) is 6.27. The van der Waals surface area contributed by atoms with Crippen LogP contribution in [-0.2, 0) is 6.54 Å². The van der Waals surface area contributed by atoms with Crippen LogP contribution in [0.5, 0.6) is 0 Å². The summed E-state index contributed by atoms with van der Waals surface area (Å²) in [5.74, 6) is 2.70. The normalized spacial score (nSPS) is 15.4. The van der Waals surface area contributed by atoms with Gasteiger partial charge in [0.1, 0.15) is 5.82 Å². The van der Waals surface area contributed by atoms with Crippen molar-refractivity contribution >= 4 is 5.82 Å². The fourth-order valence-electron chi connectivity index (χ4n) is 2.55. The Morgan fingerprint density at radius 1 is 1.38 bits per heavy atom. The molecular formula is C17H20N6O. The number of nitrogens with one attached hydrogen (secondary N) is 1. The molecule has 1 fully saturated rings. The molecule has 0 amide bonds. The van der Waals surface area contributed by atoms with Crippen LogP contribution >= 0.6 is 0 Å². The summed E-state index contributed by atoms with van der Waals surface area (Å²) in [4.78, 5) is 8.89. The number of anilines is 1. The Labute approximate surface area is 140 Å². The lowest BCUT2D eigenvalue weighted by atomic mass is 10.2. The lowest BCUT2D eigenvalue weighted by Crippen LogP contribution is -2.18. The molecule has 0 aliphatic heterocycles. The van der Waals surface area contributed by atoms with E-state index in [1.165, 1.54) is 0 Å². The van der Waals surface area contributed by atoms with Crippen molar-refractivity contribution in [1.29, 1.82) is 0 Å². The molecule has 4 rings (SSSR count). The minimum absolute atomic E-state index is 0.303. The summed E-state index contributed by atoms with van der Waals surface area (Å²) >= 11 is 0. The van der Waals surface area contributed by atoms with Crippen LogP contribution < -0.4 is 5.32 Å². The van der Waals surface area contributed by atoms with Crippen LogP contribution in [-0.4, -0.2) is 30.9 Å². The molecule has 24 heavy (non-hydrogen) atoms. The second-order valence-corrected chi connectivity index (χ2v) is 6.27. The quantitative estimate of drug-likeness (QED) is 0.719. The molecule has 0 radical (unpaired) electrons. The van der Waals surface area contributed by atoms with E-state index in [-0.39, 0.29) is 0 Å². The second kappa shape index (κ2) is 6.43. The highest BCUT2D eigenvalue weighted by Crippen LogP contribution is 2.38. The summed E-state index contributed by atoms with van der Waals surface area (Å²) in [6.07, 6.45) is 8.84. The molecule has 3 heterocycles. The smallest absolute Gasteiger partial charge is 0.259 e. The Balaban J connectivity index is 1.34. The predicted octanol–water partition coefficient (Wildman–Crippen LogP) is 3.10. The lowest BCUT2D eigenvalue weighted by Gasteiger charge is -2.14. The summed E-state index contributed by atoms with van der Waals surface area (Å²) in [7, 11) is 0. The summed E-state index contributed by atoms with van der Waals surface area (Å²) < 4.78 is 7.25. The molecule has 124 valence electrons. The van der Waals surface area contributed by atoms with Crippen molar-refractivity contribution in [3.8, 4) is 11.5 Å². The van der Waals surface area contributed by atoms with Crippen LogP contribution in [0.2, 0.25) is 0 Å². The molecule has 1 atom stereocenters. The molecule has 0 spiro atoms. The Hall–Kier alpha value is -2.70. The summed E-state index contributed by atoms with van der Waals surface area (Å²) in [6.45, 7) is 3.02. The predicted molar refractivity (Wildman–Crippen MR) is 89.4 cm³/mol. The van der Waals surface area contributed by atoms with E-state index in [1.807, 2.05) is 29.1 Å². The van der Waals surface area contributed by atoms with Gasteiger partial charge < -0.3 is 9.84 Å². The van der Waals surface area contributed by atoms with E-state index in [4.69, 9.17) is 4.52 Å². The van der Waals surface area contributed by atoms with E-state index in [0.29, 0.717) is 17.9 Å². The van der Waals surface area contributed by atoms with Gasteiger partial charge in [0.25, 0.3) is 5.89 Å². The highest BCUT2D eigenvalue weighted by atomic mass is 16.5. The van der Waals surface area contributed by atoms with E-state index in [2.05, 4.69) is 32.5 Å². The van der Waals surface area contributed by atoms with Gasteiger partial charge in [-0.1, -0.05) is 5.16 Å². The van der Waals surface area contributed by atoms with Gasteiger partial charge in [0, 0.05) is 37.1 Å². The summed E-state index contributed by atoms with van der Waals surface area (Å²) in [5, 5.41) is 11.6. The molecule has 1 aliphatic rings. The number of hydrogen-bond acceptors (Lipinski definition) is 6. The number of aryl methyl sites for hydroxylation is 1. The van der Waals surface area contributed by atoms with Gasteiger partial charge in [0.15, 0.2) is 5.82 Å². The van der Waals surface area contributed by atoms with Crippen molar-refractivity contribution in [3.05, 3.63) is 42.6 Å². The van der Waals surface area contributed by atoms with Crippen molar-refractivity contribution < 1.29 is 4.52 Å². The largest absolute Gasteiger partial charge is 0.368 e. The topological polar surface area (TPSA) is 81.7 Å². The average molecular weight is 324 g/mol. The number of rotatable bonds is 7. The van der Waals surface area contributed by atoms with Crippen LogP contribution in [0.3, 0.4) is 0 Å². The highest BCUT2D eigenvalue weighted by molar-refractivity contribution is 5.54. The maximum absolute atomic E-state index is 5.32. The van der Waals surface area contributed by atoms with Gasteiger partial charge in [0.2, 0.25) is 0 Å². The Morgan fingerprint density at radius 3 is 3.00 bits per heavy atom. The van der Waals surface area contributed by atoms with E-state index in [0.717, 1.165) is 43.0 Å². The molecule has 1 N–H and O–H groups in total. The van der Waals surface area contributed by atoms with E-state index < -0.39 is 0 Å². The fraction of sp³-hybridized carbons (Fsp3) is 0.412. The van der Waals surface area contributed by atoms with Crippen molar-refractivity contribution in [3.63, 3.8) is 0 Å². The molecule has 3 aromatic heterocycles. The van der Waals surface area contributed by atoms with Gasteiger partial charge in [-0.2, -0.15) is 10.1 Å². The van der Waals surface area contributed by atoms with Crippen molar-refractivity contribution in [1.82, 2.24) is 24.9 Å². The van der Waals surface area contributed by atoms with Gasteiger partial charge in [-0.3, -0.25) is 4.68 Å². The Kier molecular flexibility index (Phi) is 3.98. The first-order valence-corrected chi connectivity index (χ1v) is 8.32. The lowest BCUT2D eigenvalue weighted by molar-refractivity contribution is 0.422. The van der Waals surface area contributed by atoms with Gasteiger partial charge in [0.05, 0.1) is 5.56 Å². The SMILES string of the molecule is C[C@@H](CCn1cccn1)Nc1ccc(-c2nc(C3CC3)no2)cn1. The minimum Gasteiger partial charge on any atom is -0.368 e. The van der Waals surface area contributed by atoms with Gasteiger partial charge in [-0.05, 0) is 44.4 Å². The van der Waals surface area contributed by atoms with E-state index >= 15 is 0 Å². The molecule has 0 saturated heterocycles. The third-order valence-electron chi connectivity index (χ3n) is 4.14. The molecule has 7 nitrogen and oxygen atoms in total. The number of pyridine rings is 1. The summed E-state index contributed by atoms with van der Waals surface area (Å²) in [6, 6.07) is 6.14. The zero-order valence-corrected chi connectivity index (χ0v) is 13.6. The van der Waals surface area contributed by atoms with E-state index in [9.17, 15) is 0 Å². The average Bonchev–Trinajstić information content (AvgIpc) is 3.12. The van der Waals surface area contributed by atoms with Gasteiger partial charge >= 0.3 is 0 Å². The third kappa shape index (κ3) is 3.45. The first-order chi connectivity index (χ1) is 11.8. The number of hydrogen-bond donors (Lipinski definition) is 1. The van der Waals surface area contributed by atoms with Gasteiger partial charge in [-0.25, -0.2) is 4.98 Å². The number of aromatic nitrogens is 5. The monoisotopic (exact) mass is 324 g/mol. The molecule has 1 saturated carbocycles. The molecule has 3 aromatic rings.